The SMILES string of the molecule is C=C/C=C\C(=O)OC1=CC=C(C2(c3ccc(C)c(C)c3)C3=C(C=CCC3)c3ccccc32)CC1C. The second kappa shape index (κ2) is 9.19. The Hall–Kier alpha value is -3.65. The van der Waals surface area contributed by atoms with E-state index in [-0.39, 0.29) is 17.3 Å². The van der Waals surface area contributed by atoms with Crippen LogP contribution in [-0.4, -0.2) is 5.97 Å². The van der Waals surface area contributed by atoms with E-state index in [0.29, 0.717) is 5.76 Å². The molecule has 176 valence electrons. The maximum absolute atomic E-state index is 12.2. The molecule has 0 aliphatic heterocycles. The third-order valence-electron chi connectivity index (χ3n) is 7.71. The summed E-state index contributed by atoms with van der Waals surface area (Å²) in [5.74, 6) is 0.444. The first-order valence-corrected chi connectivity index (χ1v) is 12.5. The van der Waals surface area contributed by atoms with Crippen molar-refractivity contribution in [1.82, 2.24) is 0 Å². The number of aryl methyl sites for hydroxylation is 2. The molecular formula is C33H32O2. The fourth-order valence-electron chi connectivity index (χ4n) is 5.93. The van der Waals surface area contributed by atoms with E-state index in [0.717, 1.165) is 19.3 Å². The highest BCUT2D eigenvalue weighted by Crippen LogP contribution is 2.59. The number of esters is 1. The van der Waals surface area contributed by atoms with Crippen LogP contribution in [0.2, 0.25) is 0 Å². The third kappa shape index (κ3) is 3.78. The van der Waals surface area contributed by atoms with Gasteiger partial charge in [0.05, 0.1) is 5.41 Å². The fourth-order valence-corrected chi connectivity index (χ4v) is 5.93. The molecule has 0 saturated carbocycles. The lowest BCUT2D eigenvalue weighted by Gasteiger charge is -2.40. The summed E-state index contributed by atoms with van der Waals surface area (Å²) in [6.07, 6.45) is 16.3. The molecule has 2 aromatic rings. The quantitative estimate of drug-likeness (QED) is 0.258. The third-order valence-corrected chi connectivity index (χ3v) is 7.71. The van der Waals surface area contributed by atoms with Crippen LogP contribution in [0.1, 0.15) is 54.0 Å². The van der Waals surface area contributed by atoms with E-state index in [4.69, 9.17) is 4.74 Å². The summed E-state index contributed by atoms with van der Waals surface area (Å²) in [6.45, 7) is 10.1. The number of fused-ring (bicyclic) bond motifs is 2. The van der Waals surface area contributed by atoms with Gasteiger partial charge < -0.3 is 4.74 Å². The molecule has 0 heterocycles. The van der Waals surface area contributed by atoms with Crippen LogP contribution in [0.15, 0.2) is 108 Å². The van der Waals surface area contributed by atoms with E-state index in [1.807, 2.05) is 6.08 Å². The normalized spacial score (nSPS) is 23.0. The molecule has 2 aromatic carbocycles. The van der Waals surface area contributed by atoms with Crippen molar-refractivity contribution in [3.8, 4) is 0 Å². The maximum Gasteiger partial charge on any atom is 0.335 e. The lowest BCUT2D eigenvalue weighted by molar-refractivity contribution is -0.134. The van der Waals surface area contributed by atoms with Crippen molar-refractivity contribution in [1.29, 1.82) is 0 Å². The van der Waals surface area contributed by atoms with Crippen LogP contribution in [0.5, 0.6) is 0 Å². The first kappa shape index (κ1) is 23.1. The lowest BCUT2D eigenvalue weighted by Crippen LogP contribution is -2.33. The summed E-state index contributed by atoms with van der Waals surface area (Å²) in [7, 11) is 0. The number of ether oxygens (including phenoxy) is 1. The van der Waals surface area contributed by atoms with Gasteiger partial charge in [0.2, 0.25) is 0 Å². The molecule has 0 saturated heterocycles. The number of benzene rings is 2. The molecule has 0 bridgehead atoms. The Kier molecular flexibility index (Phi) is 6.06. The van der Waals surface area contributed by atoms with Gasteiger partial charge >= 0.3 is 5.97 Å². The molecule has 0 aromatic heterocycles. The Balaban J connectivity index is 1.72. The molecule has 2 nitrogen and oxygen atoms in total. The molecule has 3 aliphatic rings. The van der Waals surface area contributed by atoms with Gasteiger partial charge in [0, 0.05) is 12.0 Å². The molecule has 0 amide bonds. The van der Waals surface area contributed by atoms with Gasteiger partial charge in [-0.15, -0.1) is 0 Å². The Morgan fingerprint density at radius 2 is 1.94 bits per heavy atom. The summed E-state index contributed by atoms with van der Waals surface area (Å²) >= 11 is 0. The topological polar surface area (TPSA) is 26.3 Å². The van der Waals surface area contributed by atoms with Crippen molar-refractivity contribution in [3.63, 3.8) is 0 Å². The van der Waals surface area contributed by atoms with Crippen molar-refractivity contribution in [2.75, 3.05) is 0 Å². The van der Waals surface area contributed by atoms with Gasteiger partial charge in [-0.3, -0.25) is 0 Å². The zero-order valence-corrected chi connectivity index (χ0v) is 20.8. The molecule has 2 atom stereocenters. The van der Waals surface area contributed by atoms with Crippen LogP contribution >= 0.6 is 0 Å². The van der Waals surface area contributed by atoms with Crippen molar-refractivity contribution >= 4 is 11.5 Å². The molecule has 2 unspecified atom stereocenters. The van der Waals surface area contributed by atoms with Gasteiger partial charge in [-0.2, -0.15) is 0 Å². The molecule has 0 spiro atoms. The molecule has 0 N–H and O–H groups in total. The van der Waals surface area contributed by atoms with Crippen LogP contribution < -0.4 is 0 Å². The molecule has 0 radical (unpaired) electrons. The van der Waals surface area contributed by atoms with E-state index >= 15 is 0 Å². The van der Waals surface area contributed by atoms with Crippen LogP contribution in [0.3, 0.4) is 0 Å². The maximum atomic E-state index is 12.2. The molecule has 35 heavy (non-hydrogen) atoms. The Bertz CT molecular complexity index is 1360. The summed E-state index contributed by atoms with van der Waals surface area (Å²) in [4.78, 5) is 12.2. The number of carbonyl (C=O) groups is 1. The number of allylic oxidation sites excluding steroid dienone is 10. The van der Waals surface area contributed by atoms with E-state index in [1.54, 1.807) is 12.2 Å². The van der Waals surface area contributed by atoms with E-state index in [1.165, 1.54) is 50.6 Å². The second-order valence-electron chi connectivity index (χ2n) is 9.81. The van der Waals surface area contributed by atoms with Crippen LogP contribution in [0.25, 0.3) is 5.57 Å². The van der Waals surface area contributed by atoms with Crippen LogP contribution in [0.4, 0.5) is 0 Å². The van der Waals surface area contributed by atoms with E-state index < -0.39 is 0 Å². The summed E-state index contributed by atoms with van der Waals surface area (Å²) < 4.78 is 5.69. The van der Waals surface area contributed by atoms with E-state index in [2.05, 4.69) is 88.0 Å². The summed E-state index contributed by atoms with van der Waals surface area (Å²) in [5.41, 5.74) is 10.6. The predicted molar refractivity (Wildman–Crippen MR) is 144 cm³/mol. The number of rotatable bonds is 5. The standard InChI is InChI=1S/C33H32O2/c1-5-6-15-32(34)35-31-19-18-26(21-24(31)4)33(25-17-16-22(2)23(3)20-25)29-13-9-7-11-27(29)28-12-8-10-14-30(28)33/h5-9,11-13,15-20,24H,1,10,14,21H2,2-4H3/b15-6-. The summed E-state index contributed by atoms with van der Waals surface area (Å²) in [6, 6.07) is 15.8. The minimum atomic E-state index is -0.364. The van der Waals surface area contributed by atoms with E-state index in [9.17, 15) is 4.79 Å². The molecule has 5 rings (SSSR count). The fraction of sp³-hybridized carbons (Fsp3) is 0.242. The zero-order chi connectivity index (χ0) is 24.6. The zero-order valence-electron chi connectivity index (χ0n) is 20.8. The van der Waals surface area contributed by atoms with Gasteiger partial charge in [-0.1, -0.05) is 91.9 Å². The molecule has 2 heteroatoms. The van der Waals surface area contributed by atoms with Gasteiger partial charge in [-0.05, 0) is 78.1 Å². The second-order valence-corrected chi connectivity index (χ2v) is 9.81. The average molecular weight is 461 g/mol. The molecular weight excluding hydrogens is 428 g/mol. The number of hydrogen-bond acceptors (Lipinski definition) is 2. The van der Waals surface area contributed by atoms with Crippen molar-refractivity contribution in [2.24, 2.45) is 5.92 Å². The Morgan fingerprint density at radius 1 is 1.11 bits per heavy atom. The van der Waals surface area contributed by atoms with Crippen LogP contribution in [0, 0.1) is 19.8 Å². The highest BCUT2D eigenvalue weighted by Gasteiger charge is 2.49. The average Bonchev–Trinajstić information content (AvgIpc) is 3.17. The first-order chi connectivity index (χ1) is 17.0. The lowest BCUT2D eigenvalue weighted by atomic mass is 9.62. The van der Waals surface area contributed by atoms with Gasteiger partial charge in [0.25, 0.3) is 0 Å². The van der Waals surface area contributed by atoms with Gasteiger partial charge in [0.15, 0.2) is 0 Å². The molecule has 0 fully saturated rings. The van der Waals surface area contributed by atoms with Gasteiger partial charge in [0.1, 0.15) is 5.76 Å². The monoisotopic (exact) mass is 460 g/mol. The number of hydrogen-bond donors (Lipinski definition) is 0. The highest BCUT2D eigenvalue weighted by molar-refractivity contribution is 5.90. The molecule has 3 aliphatic carbocycles. The first-order valence-electron chi connectivity index (χ1n) is 12.5. The van der Waals surface area contributed by atoms with Crippen molar-refractivity contribution in [2.45, 2.75) is 45.4 Å². The summed E-state index contributed by atoms with van der Waals surface area (Å²) in [5, 5.41) is 0. The largest absolute Gasteiger partial charge is 0.428 e. The minimum absolute atomic E-state index is 0.0930. The minimum Gasteiger partial charge on any atom is -0.428 e. The smallest absolute Gasteiger partial charge is 0.335 e. The predicted octanol–water partition coefficient (Wildman–Crippen LogP) is 7.84. The Morgan fingerprint density at radius 3 is 2.71 bits per heavy atom. The van der Waals surface area contributed by atoms with Gasteiger partial charge in [-0.25, -0.2) is 4.79 Å². The number of carbonyl (C=O) groups excluding carboxylic acids is 1. The van der Waals surface area contributed by atoms with Crippen LogP contribution in [-0.2, 0) is 14.9 Å². The van der Waals surface area contributed by atoms with Crippen molar-refractivity contribution in [3.05, 3.63) is 136 Å². The Labute approximate surface area is 208 Å². The highest BCUT2D eigenvalue weighted by atomic mass is 16.5. The van der Waals surface area contributed by atoms with Crippen molar-refractivity contribution < 1.29 is 9.53 Å².